The van der Waals surface area contributed by atoms with Crippen LogP contribution < -0.4 is 0 Å². The quantitative estimate of drug-likeness (QED) is 0.158. The minimum atomic E-state index is 0.791. The molecule has 0 atom stereocenters. The Bertz CT molecular complexity index is 3320. The smallest absolute Gasteiger partial charge is 0.0541 e. The molecule has 0 bridgehead atoms. The van der Waals surface area contributed by atoms with Crippen molar-refractivity contribution < 1.29 is 0 Å². The second-order valence-corrected chi connectivity index (χ2v) is 15.9. The summed E-state index contributed by atoms with van der Waals surface area (Å²) < 4.78 is 5.05. The molecule has 2 heteroatoms. The Balaban J connectivity index is 1.02. The van der Waals surface area contributed by atoms with Crippen molar-refractivity contribution in [1.29, 1.82) is 0 Å². The SMILES string of the molecule is C=C1/C=C\C=C(\c2c3ccccc3c(-c3ccccc3)c3ccccc23)C/C=C\C=C1n1c2ccccc2c2cc(-c3cccc4c3sc3ccccc34)ccc21. The van der Waals surface area contributed by atoms with Gasteiger partial charge in [0.1, 0.15) is 0 Å². The van der Waals surface area contributed by atoms with Gasteiger partial charge in [-0.25, -0.2) is 0 Å². The molecule has 1 nitrogen and oxygen atoms in total. The highest BCUT2D eigenvalue weighted by Gasteiger charge is 2.19. The molecule has 1 aliphatic rings. The predicted octanol–water partition coefficient (Wildman–Crippen LogP) is 15.8. The maximum absolute atomic E-state index is 4.66. The fourth-order valence-corrected chi connectivity index (χ4v) is 10.3. The van der Waals surface area contributed by atoms with Crippen LogP contribution in [0.15, 0.2) is 212 Å². The lowest BCUT2D eigenvalue weighted by Crippen LogP contribution is -1.99. The maximum atomic E-state index is 4.66. The predicted molar refractivity (Wildman–Crippen MR) is 249 cm³/mol. The molecule has 0 saturated heterocycles. The van der Waals surface area contributed by atoms with E-state index in [9.17, 15) is 0 Å². The minimum absolute atomic E-state index is 0.791. The van der Waals surface area contributed by atoms with Gasteiger partial charge in [-0.15, -0.1) is 11.3 Å². The van der Waals surface area contributed by atoms with Crippen molar-refractivity contribution in [1.82, 2.24) is 4.57 Å². The first kappa shape index (κ1) is 33.3. The topological polar surface area (TPSA) is 4.93 Å². The normalized spacial score (nSPS) is 15.7. The molecule has 0 amide bonds. The van der Waals surface area contributed by atoms with Crippen molar-refractivity contribution in [3.05, 3.63) is 218 Å². The summed E-state index contributed by atoms with van der Waals surface area (Å²) in [6, 6.07) is 59.7. The van der Waals surface area contributed by atoms with Crippen LogP contribution in [0.1, 0.15) is 12.0 Å². The van der Waals surface area contributed by atoms with Crippen LogP contribution >= 0.6 is 11.3 Å². The molecule has 268 valence electrons. The summed E-state index contributed by atoms with van der Waals surface area (Å²) in [5.74, 6) is 0. The van der Waals surface area contributed by atoms with Crippen LogP contribution in [0.3, 0.4) is 0 Å². The molecule has 8 aromatic carbocycles. The Morgan fingerprint density at radius 2 is 1.11 bits per heavy atom. The number of hydrogen-bond acceptors (Lipinski definition) is 1. The number of rotatable bonds is 4. The highest BCUT2D eigenvalue weighted by atomic mass is 32.1. The Morgan fingerprint density at radius 3 is 1.88 bits per heavy atom. The van der Waals surface area contributed by atoms with Gasteiger partial charge in [0.15, 0.2) is 0 Å². The number of para-hydroxylation sites is 1. The summed E-state index contributed by atoms with van der Waals surface area (Å²) in [7, 11) is 0. The van der Waals surface area contributed by atoms with Crippen molar-refractivity contribution in [3.63, 3.8) is 0 Å². The van der Waals surface area contributed by atoms with E-state index in [1.165, 1.54) is 96.9 Å². The summed E-state index contributed by atoms with van der Waals surface area (Å²) in [6.07, 6.45) is 14.2. The van der Waals surface area contributed by atoms with E-state index in [1.54, 1.807) is 0 Å². The zero-order valence-electron chi connectivity index (χ0n) is 31.3. The molecule has 0 fully saturated rings. The monoisotopic (exact) mass is 743 g/mol. The van der Waals surface area contributed by atoms with Gasteiger partial charge in [0.2, 0.25) is 0 Å². The van der Waals surface area contributed by atoms with Gasteiger partial charge in [0.25, 0.3) is 0 Å². The Kier molecular flexibility index (Phi) is 7.98. The summed E-state index contributed by atoms with van der Waals surface area (Å²) in [5, 5.41) is 10.2. The maximum Gasteiger partial charge on any atom is 0.0541 e. The molecule has 0 spiro atoms. The summed E-state index contributed by atoms with van der Waals surface area (Å²) in [6.45, 7) is 4.66. The van der Waals surface area contributed by atoms with Gasteiger partial charge >= 0.3 is 0 Å². The van der Waals surface area contributed by atoms with Gasteiger partial charge in [-0.1, -0.05) is 176 Å². The summed E-state index contributed by atoms with van der Waals surface area (Å²) in [4.78, 5) is 0. The molecule has 0 aliphatic heterocycles. The Morgan fingerprint density at radius 1 is 0.474 bits per heavy atom. The van der Waals surface area contributed by atoms with Crippen molar-refractivity contribution in [2.45, 2.75) is 6.42 Å². The van der Waals surface area contributed by atoms with Crippen LogP contribution in [0.2, 0.25) is 0 Å². The van der Waals surface area contributed by atoms with Gasteiger partial charge in [-0.05, 0) is 97.3 Å². The van der Waals surface area contributed by atoms with Crippen LogP contribution in [0.25, 0.3) is 97.0 Å². The first-order valence-electron chi connectivity index (χ1n) is 19.6. The van der Waals surface area contributed by atoms with Crippen LogP contribution in [0.5, 0.6) is 0 Å². The fourth-order valence-electron chi connectivity index (χ4n) is 9.06. The zero-order valence-corrected chi connectivity index (χ0v) is 32.1. The molecule has 1 aliphatic carbocycles. The van der Waals surface area contributed by atoms with Gasteiger partial charge < -0.3 is 4.57 Å². The molecule has 2 aromatic heterocycles. The van der Waals surface area contributed by atoms with Crippen molar-refractivity contribution in [3.8, 4) is 22.3 Å². The molecule has 0 N–H and O–H groups in total. The van der Waals surface area contributed by atoms with E-state index in [4.69, 9.17) is 0 Å². The van der Waals surface area contributed by atoms with Gasteiger partial charge in [0, 0.05) is 30.9 Å². The van der Waals surface area contributed by atoms with Crippen LogP contribution in [0, 0.1) is 0 Å². The average molecular weight is 744 g/mol. The van der Waals surface area contributed by atoms with E-state index in [1.807, 2.05) is 11.3 Å². The highest BCUT2D eigenvalue weighted by Crippen LogP contribution is 2.44. The Hall–Kier alpha value is -7.00. The van der Waals surface area contributed by atoms with Gasteiger partial charge in [0.05, 0.1) is 16.7 Å². The van der Waals surface area contributed by atoms with Crippen molar-refractivity contribution >= 4 is 86.1 Å². The lowest BCUT2D eigenvalue weighted by atomic mass is 9.85. The second-order valence-electron chi connectivity index (χ2n) is 14.8. The fraction of sp³-hybridized carbons (Fsp3) is 0.0182. The molecular weight excluding hydrogens is 707 g/mol. The molecular formula is C55H37NS. The van der Waals surface area contributed by atoms with E-state index in [0.29, 0.717) is 0 Å². The number of nitrogens with zero attached hydrogens (tertiary/aromatic N) is 1. The Labute approximate surface area is 335 Å². The van der Waals surface area contributed by atoms with E-state index in [0.717, 1.165) is 17.7 Å². The third-order valence-electron chi connectivity index (χ3n) is 11.6. The minimum Gasteiger partial charge on any atom is -0.309 e. The zero-order chi connectivity index (χ0) is 37.9. The highest BCUT2D eigenvalue weighted by molar-refractivity contribution is 7.26. The number of thiophene rings is 1. The molecule has 0 unspecified atom stereocenters. The molecule has 57 heavy (non-hydrogen) atoms. The molecule has 2 heterocycles. The van der Waals surface area contributed by atoms with E-state index < -0.39 is 0 Å². The molecule has 10 aromatic rings. The number of fused-ring (bicyclic) bond motifs is 8. The van der Waals surface area contributed by atoms with Crippen molar-refractivity contribution in [2.75, 3.05) is 0 Å². The molecule has 11 rings (SSSR count). The molecule has 0 radical (unpaired) electrons. The van der Waals surface area contributed by atoms with Crippen LogP contribution in [-0.2, 0) is 0 Å². The summed E-state index contributed by atoms with van der Waals surface area (Å²) in [5.41, 5.74) is 11.9. The number of benzene rings is 8. The molecule has 0 saturated carbocycles. The first-order valence-corrected chi connectivity index (χ1v) is 20.4. The number of hydrogen-bond donors (Lipinski definition) is 0. The van der Waals surface area contributed by atoms with E-state index >= 15 is 0 Å². The van der Waals surface area contributed by atoms with Crippen molar-refractivity contribution in [2.24, 2.45) is 0 Å². The first-order chi connectivity index (χ1) is 28.2. The van der Waals surface area contributed by atoms with Crippen LogP contribution in [0.4, 0.5) is 0 Å². The second kappa shape index (κ2) is 13.6. The lowest BCUT2D eigenvalue weighted by Gasteiger charge is -2.19. The third-order valence-corrected chi connectivity index (χ3v) is 12.8. The average Bonchev–Trinajstić information content (AvgIpc) is 3.81. The van der Waals surface area contributed by atoms with Gasteiger partial charge in [-0.3, -0.25) is 0 Å². The van der Waals surface area contributed by atoms with Crippen LogP contribution in [-0.4, -0.2) is 4.57 Å². The third kappa shape index (κ3) is 5.44. The van der Waals surface area contributed by atoms with Gasteiger partial charge in [-0.2, -0.15) is 0 Å². The van der Waals surface area contributed by atoms with E-state index in [2.05, 4.69) is 211 Å². The number of aromatic nitrogens is 1. The van der Waals surface area contributed by atoms with E-state index in [-0.39, 0.29) is 0 Å². The summed E-state index contributed by atoms with van der Waals surface area (Å²) >= 11 is 1.88. The standard InChI is InChI=1S/C55H37NS/c1-36-17-15-21-38(54-45-26-8-6-24-43(45)53(37-18-3-2-4-19-37)44-25-7-9-27-46(44)54)20-5-12-30-49(36)56-50-31-13-10-22-41(50)48-35-39(33-34-51(48)56)40-28-16-29-47-42-23-11-14-32-52(42)57-55(40)47/h2-19,21-35H,1,20H2/b12-5-,17-15-,38-21+,49-30?. The number of allylic oxidation sites excluding steroid dienone is 9. The largest absolute Gasteiger partial charge is 0.309 e. The lowest BCUT2D eigenvalue weighted by molar-refractivity contribution is 1.22.